The van der Waals surface area contributed by atoms with E-state index in [1.807, 2.05) is 12.1 Å². The molecule has 0 saturated heterocycles. The van der Waals surface area contributed by atoms with Crippen LogP contribution in [0.1, 0.15) is 43.7 Å². The average molecular weight is 326 g/mol. The number of hydrogen-bond acceptors (Lipinski definition) is 3. The van der Waals surface area contributed by atoms with Crippen LogP contribution in [0.25, 0.3) is 0 Å². The second-order valence-electron chi connectivity index (χ2n) is 5.73. The highest BCUT2D eigenvalue weighted by atomic mass is 79.9. The van der Waals surface area contributed by atoms with Crippen LogP contribution in [0.4, 0.5) is 0 Å². The first kappa shape index (κ1) is 13.4. The summed E-state index contributed by atoms with van der Waals surface area (Å²) in [5, 5.41) is 0. The third kappa shape index (κ3) is 2.54. The molecule has 0 aromatic heterocycles. The van der Waals surface area contributed by atoms with E-state index < -0.39 is 0 Å². The fourth-order valence-electron chi connectivity index (χ4n) is 3.44. The molecule has 0 radical (unpaired) electrons. The van der Waals surface area contributed by atoms with Gasteiger partial charge in [0.25, 0.3) is 0 Å². The van der Waals surface area contributed by atoms with Gasteiger partial charge in [-0.2, -0.15) is 0 Å². The molecule has 1 aliphatic carbocycles. The van der Waals surface area contributed by atoms with Crippen LogP contribution in [-0.2, 0) is 4.74 Å². The number of hydrogen-bond donors (Lipinski definition) is 1. The predicted molar refractivity (Wildman–Crippen MR) is 78.3 cm³/mol. The molecule has 1 heterocycles. The summed E-state index contributed by atoms with van der Waals surface area (Å²) in [6.07, 6.45) is 5.49. The Hall–Kier alpha value is -0.580. The number of nitrogens with two attached hydrogens (primary N) is 1. The summed E-state index contributed by atoms with van der Waals surface area (Å²) in [7, 11) is 1.79. The number of benzene rings is 1. The molecule has 4 heteroatoms. The molecule has 19 heavy (non-hydrogen) atoms. The van der Waals surface area contributed by atoms with Crippen molar-refractivity contribution in [2.45, 2.75) is 49.9 Å². The minimum Gasteiger partial charge on any atom is -0.487 e. The van der Waals surface area contributed by atoms with Crippen LogP contribution in [0.5, 0.6) is 5.75 Å². The zero-order valence-electron chi connectivity index (χ0n) is 11.2. The first-order valence-corrected chi connectivity index (χ1v) is 7.68. The highest BCUT2D eigenvalue weighted by molar-refractivity contribution is 9.10. The van der Waals surface area contributed by atoms with E-state index in [9.17, 15) is 0 Å². The van der Waals surface area contributed by atoms with Gasteiger partial charge in [-0.1, -0.05) is 22.0 Å². The van der Waals surface area contributed by atoms with Crippen LogP contribution in [0.15, 0.2) is 22.7 Å². The summed E-state index contributed by atoms with van der Waals surface area (Å²) in [6.45, 7) is 0. The Morgan fingerprint density at radius 2 is 2.26 bits per heavy atom. The molecule has 1 spiro atoms. The largest absolute Gasteiger partial charge is 0.487 e. The summed E-state index contributed by atoms with van der Waals surface area (Å²) < 4.78 is 12.9. The van der Waals surface area contributed by atoms with Crippen molar-refractivity contribution in [1.82, 2.24) is 0 Å². The Kier molecular flexibility index (Phi) is 3.58. The molecule has 3 nitrogen and oxygen atoms in total. The zero-order valence-corrected chi connectivity index (χ0v) is 12.8. The van der Waals surface area contributed by atoms with Crippen molar-refractivity contribution < 1.29 is 9.47 Å². The number of halogens is 1. The van der Waals surface area contributed by atoms with Gasteiger partial charge in [0.05, 0.1) is 6.10 Å². The second kappa shape index (κ2) is 5.08. The fourth-order valence-corrected chi connectivity index (χ4v) is 3.78. The Bertz CT molecular complexity index is 479. The van der Waals surface area contributed by atoms with E-state index in [4.69, 9.17) is 15.2 Å². The molecular formula is C15H20BrNO2. The Labute approximate surface area is 122 Å². The highest BCUT2D eigenvalue weighted by Gasteiger charge is 2.43. The summed E-state index contributed by atoms with van der Waals surface area (Å²) in [5.74, 6) is 0.935. The van der Waals surface area contributed by atoms with Gasteiger partial charge in [-0.3, -0.25) is 0 Å². The maximum Gasteiger partial charge on any atom is 0.126 e. The number of rotatable bonds is 1. The van der Waals surface area contributed by atoms with Gasteiger partial charge in [0.2, 0.25) is 0 Å². The van der Waals surface area contributed by atoms with Crippen LogP contribution in [0, 0.1) is 0 Å². The van der Waals surface area contributed by atoms with E-state index in [-0.39, 0.29) is 11.6 Å². The van der Waals surface area contributed by atoms with Gasteiger partial charge in [0.15, 0.2) is 0 Å². The Morgan fingerprint density at radius 1 is 1.42 bits per heavy atom. The highest BCUT2D eigenvalue weighted by Crippen LogP contribution is 2.46. The first-order chi connectivity index (χ1) is 9.12. The quantitative estimate of drug-likeness (QED) is 0.858. The normalized spacial score (nSPS) is 33.8. The minimum atomic E-state index is -0.133. The summed E-state index contributed by atoms with van der Waals surface area (Å²) in [6, 6.07) is 6.19. The zero-order chi connectivity index (χ0) is 13.5. The summed E-state index contributed by atoms with van der Waals surface area (Å²) in [4.78, 5) is 0. The molecule has 1 aromatic rings. The lowest BCUT2D eigenvalue weighted by Crippen LogP contribution is -2.48. The molecule has 1 aliphatic heterocycles. The molecule has 104 valence electrons. The van der Waals surface area contributed by atoms with Crippen LogP contribution in [-0.4, -0.2) is 18.8 Å². The van der Waals surface area contributed by atoms with Crippen LogP contribution < -0.4 is 10.5 Å². The lowest BCUT2D eigenvalue weighted by atomic mass is 9.76. The summed E-state index contributed by atoms with van der Waals surface area (Å²) >= 11 is 3.50. The van der Waals surface area contributed by atoms with Crippen molar-refractivity contribution in [3.63, 3.8) is 0 Å². The minimum absolute atomic E-state index is 0.0625. The van der Waals surface area contributed by atoms with Crippen molar-refractivity contribution in [1.29, 1.82) is 0 Å². The van der Waals surface area contributed by atoms with Crippen molar-refractivity contribution in [3.05, 3.63) is 28.2 Å². The lowest BCUT2D eigenvalue weighted by molar-refractivity contribution is -0.0578. The predicted octanol–water partition coefficient (Wildman–Crippen LogP) is 3.56. The van der Waals surface area contributed by atoms with Crippen LogP contribution in [0.3, 0.4) is 0 Å². The molecule has 1 fully saturated rings. The van der Waals surface area contributed by atoms with Crippen molar-refractivity contribution in [2.24, 2.45) is 5.73 Å². The molecule has 1 saturated carbocycles. The third-order valence-electron chi connectivity index (χ3n) is 4.38. The SMILES string of the molecule is COC1CCCC2(C1)C[C@H](N)c1ccc(Br)cc1O2. The molecule has 3 atom stereocenters. The molecular weight excluding hydrogens is 306 g/mol. The average Bonchev–Trinajstić information content (AvgIpc) is 2.38. The number of fused-ring (bicyclic) bond motifs is 1. The standard InChI is InChI=1S/C15H20BrNO2/c1-18-11-3-2-6-15(8-11)9-13(17)12-5-4-10(16)7-14(12)19-15/h4-5,7,11,13H,2-3,6,8-9,17H2,1H3/t11?,13-,15?/m0/s1. The number of ether oxygens (including phenoxy) is 2. The van der Waals surface area contributed by atoms with Gasteiger partial charge in [0.1, 0.15) is 11.4 Å². The van der Waals surface area contributed by atoms with Gasteiger partial charge >= 0.3 is 0 Å². The Morgan fingerprint density at radius 3 is 3.05 bits per heavy atom. The molecule has 0 amide bonds. The van der Waals surface area contributed by atoms with E-state index in [1.165, 1.54) is 0 Å². The van der Waals surface area contributed by atoms with Crippen molar-refractivity contribution in [3.8, 4) is 5.75 Å². The Balaban J connectivity index is 1.90. The second-order valence-corrected chi connectivity index (χ2v) is 6.65. The lowest BCUT2D eigenvalue weighted by Gasteiger charge is -2.45. The third-order valence-corrected chi connectivity index (χ3v) is 4.88. The van der Waals surface area contributed by atoms with E-state index in [0.717, 1.165) is 47.9 Å². The van der Waals surface area contributed by atoms with E-state index in [0.29, 0.717) is 6.10 Å². The molecule has 3 rings (SSSR count). The topological polar surface area (TPSA) is 44.5 Å². The maximum atomic E-state index is 6.35. The van der Waals surface area contributed by atoms with Crippen molar-refractivity contribution in [2.75, 3.05) is 7.11 Å². The van der Waals surface area contributed by atoms with Gasteiger partial charge in [-0.05, 0) is 31.4 Å². The smallest absolute Gasteiger partial charge is 0.126 e. The molecule has 2 unspecified atom stereocenters. The molecule has 0 bridgehead atoms. The summed E-state index contributed by atoms with van der Waals surface area (Å²) in [5.41, 5.74) is 7.34. The fraction of sp³-hybridized carbons (Fsp3) is 0.600. The molecule has 2 N–H and O–H groups in total. The maximum absolute atomic E-state index is 6.35. The number of methoxy groups -OCH3 is 1. The van der Waals surface area contributed by atoms with Gasteiger partial charge in [0, 0.05) is 36.0 Å². The molecule has 2 aliphatic rings. The van der Waals surface area contributed by atoms with E-state index in [2.05, 4.69) is 22.0 Å². The molecule has 1 aromatic carbocycles. The van der Waals surface area contributed by atoms with Gasteiger partial charge in [-0.25, -0.2) is 0 Å². The van der Waals surface area contributed by atoms with Crippen LogP contribution in [0.2, 0.25) is 0 Å². The van der Waals surface area contributed by atoms with Gasteiger partial charge < -0.3 is 15.2 Å². The van der Waals surface area contributed by atoms with Gasteiger partial charge in [-0.15, -0.1) is 0 Å². The van der Waals surface area contributed by atoms with E-state index in [1.54, 1.807) is 7.11 Å². The first-order valence-electron chi connectivity index (χ1n) is 6.89. The monoisotopic (exact) mass is 325 g/mol. The van der Waals surface area contributed by atoms with Crippen molar-refractivity contribution >= 4 is 15.9 Å². The van der Waals surface area contributed by atoms with Crippen LogP contribution >= 0.6 is 15.9 Å². The van der Waals surface area contributed by atoms with E-state index >= 15 is 0 Å².